The number of hydrogen-bond donors (Lipinski definition) is 0. The van der Waals surface area contributed by atoms with Gasteiger partial charge in [-0.05, 0) is 23.5 Å². The number of nitrogens with zero attached hydrogens (tertiary/aromatic N) is 1. The summed E-state index contributed by atoms with van der Waals surface area (Å²) in [4.78, 5) is 26.8. The maximum absolute atomic E-state index is 13.2. The second-order valence-corrected chi connectivity index (χ2v) is 7.48. The van der Waals surface area contributed by atoms with Crippen molar-refractivity contribution in [2.75, 3.05) is 13.2 Å². The molecular formula is C23H27NO4. The van der Waals surface area contributed by atoms with Gasteiger partial charge in [0.15, 0.2) is 0 Å². The third-order valence-electron chi connectivity index (χ3n) is 5.04. The van der Waals surface area contributed by atoms with Crippen LogP contribution in [0.15, 0.2) is 60.7 Å². The van der Waals surface area contributed by atoms with E-state index in [2.05, 4.69) is 0 Å². The molecule has 28 heavy (non-hydrogen) atoms. The molecule has 3 rings (SSSR count). The molecule has 1 fully saturated rings. The van der Waals surface area contributed by atoms with Crippen LogP contribution >= 0.6 is 0 Å². The van der Waals surface area contributed by atoms with Crippen LogP contribution in [0.4, 0.5) is 4.79 Å². The Hall–Kier alpha value is -2.66. The Morgan fingerprint density at radius 2 is 1.68 bits per heavy atom. The van der Waals surface area contributed by atoms with Crippen LogP contribution in [0.5, 0.6) is 0 Å². The Labute approximate surface area is 166 Å². The highest BCUT2D eigenvalue weighted by Gasteiger charge is 2.41. The molecule has 1 unspecified atom stereocenters. The van der Waals surface area contributed by atoms with Gasteiger partial charge >= 0.3 is 6.09 Å². The van der Waals surface area contributed by atoms with E-state index in [1.807, 2.05) is 74.5 Å². The predicted octanol–water partition coefficient (Wildman–Crippen LogP) is 4.07. The van der Waals surface area contributed by atoms with Gasteiger partial charge in [-0.2, -0.15) is 0 Å². The minimum Gasteiger partial charge on any atom is -0.447 e. The van der Waals surface area contributed by atoms with Gasteiger partial charge in [0.05, 0.1) is 25.2 Å². The Bertz CT molecular complexity index is 776. The van der Waals surface area contributed by atoms with Gasteiger partial charge < -0.3 is 9.47 Å². The van der Waals surface area contributed by atoms with E-state index in [1.54, 1.807) is 0 Å². The van der Waals surface area contributed by atoms with Crippen molar-refractivity contribution in [2.24, 2.45) is 11.8 Å². The molecule has 148 valence electrons. The lowest BCUT2D eigenvalue weighted by atomic mass is 9.94. The maximum Gasteiger partial charge on any atom is 0.416 e. The van der Waals surface area contributed by atoms with Crippen LogP contribution in [-0.4, -0.2) is 36.2 Å². The largest absolute Gasteiger partial charge is 0.447 e. The van der Waals surface area contributed by atoms with Gasteiger partial charge in [-0.15, -0.1) is 0 Å². The van der Waals surface area contributed by atoms with Crippen molar-refractivity contribution in [2.45, 2.75) is 32.9 Å². The smallest absolute Gasteiger partial charge is 0.416 e. The second kappa shape index (κ2) is 9.51. The lowest BCUT2D eigenvalue weighted by molar-refractivity contribution is -0.137. The summed E-state index contributed by atoms with van der Waals surface area (Å²) in [5.41, 5.74) is 2.13. The highest BCUT2D eigenvalue weighted by Crippen LogP contribution is 2.23. The molecule has 0 saturated carbocycles. The lowest BCUT2D eigenvalue weighted by Gasteiger charge is -2.27. The highest BCUT2D eigenvalue weighted by molar-refractivity contribution is 5.95. The van der Waals surface area contributed by atoms with Crippen molar-refractivity contribution >= 4 is 12.0 Å². The number of cyclic esters (lactones) is 1. The third-order valence-corrected chi connectivity index (χ3v) is 5.04. The zero-order valence-corrected chi connectivity index (χ0v) is 16.4. The van der Waals surface area contributed by atoms with Crippen LogP contribution in [0.1, 0.15) is 25.0 Å². The predicted molar refractivity (Wildman–Crippen MR) is 107 cm³/mol. The van der Waals surface area contributed by atoms with Gasteiger partial charge in [0, 0.05) is 0 Å². The molecule has 5 heteroatoms. The molecule has 0 aromatic heterocycles. The first-order valence-electron chi connectivity index (χ1n) is 9.71. The van der Waals surface area contributed by atoms with E-state index in [0.717, 1.165) is 11.1 Å². The second-order valence-electron chi connectivity index (χ2n) is 7.48. The number of amides is 2. The summed E-state index contributed by atoms with van der Waals surface area (Å²) in [5.74, 6) is -0.562. The average molecular weight is 381 g/mol. The number of hydrogen-bond acceptors (Lipinski definition) is 4. The standard InChI is InChI=1S/C23H27NO4/c1-17(2)21(16-27-14-19-11-7-4-8-12-19)22(25)24-20(15-28-23(24)26)13-18-9-5-3-6-10-18/h3-12,17,20-21H,13-16H2,1-2H3/t20?,21-/m1/s1. The topological polar surface area (TPSA) is 55.8 Å². The minimum atomic E-state index is -0.556. The molecule has 0 bridgehead atoms. The summed E-state index contributed by atoms with van der Waals surface area (Å²) in [5, 5.41) is 0. The van der Waals surface area contributed by atoms with Crippen molar-refractivity contribution in [3.63, 3.8) is 0 Å². The average Bonchev–Trinajstić information content (AvgIpc) is 3.06. The van der Waals surface area contributed by atoms with E-state index in [1.165, 1.54) is 4.90 Å². The zero-order valence-electron chi connectivity index (χ0n) is 16.4. The van der Waals surface area contributed by atoms with Gasteiger partial charge in [-0.1, -0.05) is 74.5 Å². The molecule has 2 aromatic rings. The van der Waals surface area contributed by atoms with Crippen LogP contribution in [0.3, 0.4) is 0 Å². The number of imide groups is 1. The van der Waals surface area contributed by atoms with E-state index in [0.29, 0.717) is 13.0 Å². The number of carbonyl (C=O) groups is 2. The van der Waals surface area contributed by atoms with Gasteiger partial charge in [0.25, 0.3) is 0 Å². The molecule has 1 saturated heterocycles. The van der Waals surface area contributed by atoms with Crippen LogP contribution < -0.4 is 0 Å². The van der Waals surface area contributed by atoms with Crippen LogP contribution in [-0.2, 0) is 27.3 Å². The van der Waals surface area contributed by atoms with Crippen LogP contribution in [0, 0.1) is 11.8 Å². The Morgan fingerprint density at radius 3 is 2.29 bits per heavy atom. The van der Waals surface area contributed by atoms with E-state index >= 15 is 0 Å². The molecule has 2 atom stereocenters. The SMILES string of the molecule is CC(C)[C@@H](COCc1ccccc1)C(=O)N1C(=O)OCC1Cc1ccccc1. The molecule has 2 aromatic carbocycles. The fourth-order valence-corrected chi connectivity index (χ4v) is 3.37. The summed E-state index contributed by atoms with van der Waals surface area (Å²) in [6.45, 7) is 4.89. The van der Waals surface area contributed by atoms with Crippen LogP contribution in [0.25, 0.3) is 0 Å². The van der Waals surface area contributed by atoms with Crippen molar-refractivity contribution < 1.29 is 19.1 Å². The number of rotatable bonds is 8. The Morgan fingerprint density at radius 1 is 1.07 bits per heavy atom. The van der Waals surface area contributed by atoms with E-state index in [-0.39, 0.29) is 31.1 Å². The molecule has 0 spiro atoms. The normalized spacial score (nSPS) is 17.6. The minimum absolute atomic E-state index is 0.0500. The molecule has 0 aliphatic carbocycles. The molecule has 1 heterocycles. The first-order chi connectivity index (χ1) is 13.6. The van der Waals surface area contributed by atoms with Crippen molar-refractivity contribution in [1.29, 1.82) is 0 Å². The van der Waals surface area contributed by atoms with Gasteiger partial charge in [0.1, 0.15) is 6.61 Å². The molecule has 0 N–H and O–H groups in total. The quantitative estimate of drug-likeness (QED) is 0.692. The molecule has 1 aliphatic rings. The lowest BCUT2D eigenvalue weighted by Crippen LogP contribution is -2.46. The van der Waals surface area contributed by atoms with E-state index in [9.17, 15) is 9.59 Å². The number of carbonyl (C=O) groups excluding carboxylic acids is 2. The summed E-state index contributed by atoms with van der Waals surface area (Å²) >= 11 is 0. The summed E-state index contributed by atoms with van der Waals surface area (Å²) in [7, 11) is 0. The van der Waals surface area contributed by atoms with Crippen molar-refractivity contribution in [1.82, 2.24) is 4.90 Å². The van der Waals surface area contributed by atoms with Crippen molar-refractivity contribution in [3.8, 4) is 0 Å². The van der Waals surface area contributed by atoms with Gasteiger partial charge in [-0.3, -0.25) is 4.79 Å². The van der Waals surface area contributed by atoms with Crippen LogP contribution in [0.2, 0.25) is 0 Å². The molecular weight excluding hydrogens is 354 g/mol. The maximum atomic E-state index is 13.2. The summed E-state index contributed by atoms with van der Waals surface area (Å²) < 4.78 is 11.0. The Balaban J connectivity index is 1.65. The highest BCUT2D eigenvalue weighted by atomic mass is 16.6. The third kappa shape index (κ3) is 4.98. The van der Waals surface area contributed by atoms with Gasteiger partial charge in [0.2, 0.25) is 5.91 Å². The Kier molecular flexibility index (Phi) is 6.82. The number of benzene rings is 2. The fourth-order valence-electron chi connectivity index (χ4n) is 3.37. The monoisotopic (exact) mass is 381 g/mol. The van der Waals surface area contributed by atoms with Gasteiger partial charge in [-0.25, -0.2) is 9.69 Å². The van der Waals surface area contributed by atoms with E-state index in [4.69, 9.17) is 9.47 Å². The molecule has 5 nitrogen and oxygen atoms in total. The van der Waals surface area contributed by atoms with Crippen molar-refractivity contribution in [3.05, 3.63) is 71.8 Å². The summed E-state index contributed by atoms with van der Waals surface area (Å²) in [6, 6.07) is 19.4. The molecule has 1 aliphatic heterocycles. The first kappa shape index (κ1) is 20.1. The fraction of sp³-hybridized carbons (Fsp3) is 0.391. The zero-order chi connectivity index (χ0) is 19.9. The van der Waals surface area contributed by atoms with E-state index < -0.39 is 12.0 Å². The first-order valence-corrected chi connectivity index (χ1v) is 9.71. The molecule has 0 radical (unpaired) electrons. The molecule has 2 amide bonds. The number of ether oxygens (including phenoxy) is 2. The summed E-state index contributed by atoms with van der Waals surface area (Å²) in [6.07, 6.45) is 0.0354.